The summed E-state index contributed by atoms with van der Waals surface area (Å²) in [5.41, 5.74) is 6.33. The largest absolute Gasteiger partial charge is 0.504 e. The average Bonchev–Trinajstić information content (AvgIpc) is 2.55. The van der Waals surface area contributed by atoms with Crippen molar-refractivity contribution in [1.82, 2.24) is 5.43 Å². The average molecular weight is 327 g/mol. The summed E-state index contributed by atoms with van der Waals surface area (Å²) < 4.78 is 5.01. The molecule has 2 aromatic carbocycles. The van der Waals surface area contributed by atoms with Crippen LogP contribution in [0.1, 0.15) is 16.7 Å². The molecular formula is C18H21N3O3. The number of aromatic hydroxyl groups is 1. The predicted molar refractivity (Wildman–Crippen MR) is 94.8 cm³/mol. The summed E-state index contributed by atoms with van der Waals surface area (Å²) in [5.74, 6) is 0.148. The maximum atomic E-state index is 11.8. The number of amides is 1. The molecule has 0 aromatic heterocycles. The molecular weight excluding hydrogens is 306 g/mol. The van der Waals surface area contributed by atoms with E-state index in [1.165, 1.54) is 25.0 Å². The maximum Gasteiger partial charge on any atom is 0.259 e. The van der Waals surface area contributed by atoms with Crippen LogP contribution < -0.4 is 15.5 Å². The van der Waals surface area contributed by atoms with Crippen molar-refractivity contribution in [3.63, 3.8) is 0 Å². The Labute approximate surface area is 141 Å². The van der Waals surface area contributed by atoms with E-state index >= 15 is 0 Å². The van der Waals surface area contributed by atoms with E-state index in [1.54, 1.807) is 12.1 Å². The summed E-state index contributed by atoms with van der Waals surface area (Å²) in [6, 6.07) is 10.8. The number of hydrogen-bond acceptors (Lipinski definition) is 5. The van der Waals surface area contributed by atoms with Gasteiger partial charge in [0.15, 0.2) is 11.5 Å². The van der Waals surface area contributed by atoms with Crippen molar-refractivity contribution in [3.8, 4) is 11.5 Å². The van der Waals surface area contributed by atoms with Gasteiger partial charge in [0, 0.05) is 5.69 Å². The Kier molecular flexibility index (Phi) is 5.78. The molecule has 0 saturated heterocycles. The van der Waals surface area contributed by atoms with Gasteiger partial charge in [-0.2, -0.15) is 5.10 Å². The monoisotopic (exact) mass is 327 g/mol. The SMILES string of the molecule is COc1cc(/C=N\NC(=O)CNc2ccc(C)cc2C)ccc1O. The van der Waals surface area contributed by atoms with Crippen molar-refractivity contribution in [3.05, 3.63) is 53.1 Å². The number of methoxy groups -OCH3 is 1. The third kappa shape index (κ3) is 4.74. The van der Waals surface area contributed by atoms with E-state index in [9.17, 15) is 9.90 Å². The first-order valence-electron chi connectivity index (χ1n) is 7.49. The number of phenols is 1. The van der Waals surface area contributed by atoms with Crippen LogP contribution in [0.15, 0.2) is 41.5 Å². The Hall–Kier alpha value is -3.02. The number of carbonyl (C=O) groups is 1. The van der Waals surface area contributed by atoms with E-state index in [1.807, 2.05) is 26.0 Å². The van der Waals surface area contributed by atoms with Crippen LogP contribution in [0.4, 0.5) is 5.69 Å². The fraction of sp³-hybridized carbons (Fsp3) is 0.222. The lowest BCUT2D eigenvalue weighted by molar-refractivity contribution is -0.119. The lowest BCUT2D eigenvalue weighted by atomic mass is 10.1. The number of rotatable bonds is 6. The number of phenolic OH excluding ortho intramolecular Hbond substituents is 1. The first kappa shape index (κ1) is 17.3. The van der Waals surface area contributed by atoms with Crippen molar-refractivity contribution in [2.75, 3.05) is 19.0 Å². The lowest BCUT2D eigenvalue weighted by Crippen LogP contribution is -2.26. The minimum absolute atomic E-state index is 0.0522. The summed E-state index contributed by atoms with van der Waals surface area (Å²) in [5, 5.41) is 16.5. The molecule has 0 fully saturated rings. The fourth-order valence-electron chi connectivity index (χ4n) is 2.18. The van der Waals surface area contributed by atoms with Gasteiger partial charge in [-0.3, -0.25) is 4.79 Å². The van der Waals surface area contributed by atoms with Crippen molar-refractivity contribution in [2.45, 2.75) is 13.8 Å². The van der Waals surface area contributed by atoms with Crippen molar-refractivity contribution >= 4 is 17.8 Å². The molecule has 126 valence electrons. The van der Waals surface area contributed by atoms with Gasteiger partial charge in [0.2, 0.25) is 0 Å². The second-order valence-corrected chi connectivity index (χ2v) is 5.40. The third-order valence-electron chi connectivity index (χ3n) is 3.43. The number of hydrazone groups is 1. The number of benzene rings is 2. The fourth-order valence-corrected chi connectivity index (χ4v) is 2.18. The Morgan fingerprint density at radius 1 is 1.25 bits per heavy atom. The topological polar surface area (TPSA) is 83.0 Å². The highest BCUT2D eigenvalue weighted by atomic mass is 16.5. The Morgan fingerprint density at radius 2 is 2.04 bits per heavy atom. The van der Waals surface area contributed by atoms with Crippen LogP contribution in [0.2, 0.25) is 0 Å². The zero-order valence-corrected chi connectivity index (χ0v) is 14.0. The van der Waals surface area contributed by atoms with Gasteiger partial charge in [0.25, 0.3) is 5.91 Å². The molecule has 2 aromatic rings. The Bertz CT molecular complexity index is 757. The lowest BCUT2D eigenvalue weighted by Gasteiger charge is -2.09. The smallest absolute Gasteiger partial charge is 0.259 e. The molecule has 1 amide bonds. The minimum atomic E-state index is -0.253. The number of hydrogen-bond donors (Lipinski definition) is 3. The van der Waals surface area contributed by atoms with Gasteiger partial charge in [-0.25, -0.2) is 5.43 Å². The molecule has 0 aliphatic heterocycles. The molecule has 0 bridgehead atoms. The van der Waals surface area contributed by atoms with Gasteiger partial charge >= 0.3 is 0 Å². The van der Waals surface area contributed by atoms with Crippen LogP contribution >= 0.6 is 0 Å². The Balaban J connectivity index is 1.86. The highest BCUT2D eigenvalue weighted by Gasteiger charge is 2.03. The second-order valence-electron chi connectivity index (χ2n) is 5.40. The van der Waals surface area contributed by atoms with Crippen LogP contribution in [0.3, 0.4) is 0 Å². The van der Waals surface area contributed by atoms with Gasteiger partial charge in [0.05, 0.1) is 19.9 Å². The molecule has 0 unspecified atom stereocenters. The molecule has 0 atom stereocenters. The van der Waals surface area contributed by atoms with Gasteiger partial charge < -0.3 is 15.2 Å². The maximum absolute atomic E-state index is 11.8. The van der Waals surface area contributed by atoms with E-state index < -0.39 is 0 Å². The van der Waals surface area contributed by atoms with Crippen molar-refractivity contribution in [1.29, 1.82) is 0 Å². The van der Waals surface area contributed by atoms with E-state index in [4.69, 9.17) is 4.74 Å². The van der Waals surface area contributed by atoms with Gasteiger partial charge in [-0.1, -0.05) is 17.7 Å². The molecule has 6 nitrogen and oxygen atoms in total. The number of nitrogens with one attached hydrogen (secondary N) is 2. The molecule has 0 heterocycles. The second kappa shape index (κ2) is 8.01. The van der Waals surface area contributed by atoms with Crippen LogP contribution in [0.5, 0.6) is 11.5 Å². The number of anilines is 1. The van der Waals surface area contributed by atoms with Crippen molar-refractivity contribution in [2.24, 2.45) is 5.10 Å². The van der Waals surface area contributed by atoms with Crippen LogP contribution in [0, 0.1) is 13.8 Å². The number of nitrogens with zero attached hydrogens (tertiary/aromatic N) is 1. The molecule has 2 rings (SSSR count). The zero-order valence-electron chi connectivity index (χ0n) is 14.0. The standard InChI is InChI=1S/C18H21N3O3/c1-12-4-6-15(13(2)8-12)19-11-18(23)21-20-10-14-5-7-16(22)17(9-14)24-3/h4-10,19,22H,11H2,1-3H3,(H,21,23)/b20-10-. The zero-order chi connectivity index (χ0) is 17.5. The van der Waals surface area contributed by atoms with Crippen LogP contribution in [-0.2, 0) is 4.79 Å². The quantitative estimate of drug-likeness (QED) is 0.562. The van der Waals surface area contributed by atoms with E-state index in [2.05, 4.69) is 21.9 Å². The first-order valence-corrected chi connectivity index (χ1v) is 7.49. The molecule has 0 aliphatic rings. The van der Waals surface area contributed by atoms with Gasteiger partial charge in [0.1, 0.15) is 0 Å². The number of aryl methyl sites for hydroxylation is 2. The normalized spacial score (nSPS) is 10.6. The van der Waals surface area contributed by atoms with Crippen LogP contribution in [-0.4, -0.2) is 30.9 Å². The van der Waals surface area contributed by atoms with Gasteiger partial charge in [-0.05, 0) is 49.2 Å². The number of carbonyl (C=O) groups excluding carboxylic acids is 1. The highest BCUT2D eigenvalue weighted by Crippen LogP contribution is 2.25. The summed E-state index contributed by atoms with van der Waals surface area (Å²) in [6.45, 7) is 4.14. The molecule has 0 aliphatic carbocycles. The summed E-state index contributed by atoms with van der Waals surface area (Å²) in [4.78, 5) is 11.8. The summed E-state index contributed by atoms with van der Waals surface area (Å²) >= 11 is 0. The Morgan fingerprint density at radius 3 is 2.75 bits per heavy atom. The highest BCUT2D eigenvalue weighted by molar-refractivity contribution is 5.85. The van der Waals surface area contributed by atoms with Gasteiger partial charge in [-0.15, -0.1) is 0 Å². The molecule has 0 spiro atoms. The minimum Gasteiger partial charge on any atom is -0.504 e. The molecule has 24 heavy (non-hydrogen) atoms. The molecule has 3 N–H and O–H groups in total. The number of ether oxygens (including phenoxy) is 1. The van der Waals surface area contributed by atoms with E-state index in [0.717, 1.165) is 11.3 Å². The van der Waals surface area contributed by atoms with E-state index in [-0.39, 0.29) is 18.2 Å². The molecule has 0 saturated carbocycles. The van der Waals surface area contributed by atoms with Crippen molar-refractivity contribution < 1.29 is 14.6 Å². The molecule has 0 radical (unpaired) electrons. The summed E-state index contributed by atoms with van der Waals surface area (Å²) in [7, 11) is 1.47. The molecule has 6 heteroatoms. The first-order chi connectivity index (χ1) is 11.5. The van der Waals surface area contributed by atoms with Crippen LogP contribution in [0.25, 0.3) is 0 Å². The predicted octanol–water partition coefficient (Wildman–Crippen LogP) is 2.58. The summed E-state index contributed by atoms with van der Waals surface area (Å²) in [6.07, 6.45) is 1.48. The van der Waals surface area contributed by atoms with E-state index in [0.29, 0.717) is 11.3 Å². The third-order valence-corrected chi connectivity index (χ3v) is 3.43.